The summed E-state index contributed by atoms with van der Waals surface area (Å²) in [6.45, 7) is 2.82. The molecule has 0 saturated carbocycles. The lowest BCUT2D eigenvalue weighted by atomic mass is 9.89. The smallest absolute Gasteiger partial charge is 0.152 e. The topological polar surface area (TPSA) is 77.0 Å². The van der Waals surface area contributed by atoms with E-state index in [0.717, 1.165) is 58.4 Å². The number of aryl methyl sites for hydroxylation is 1. The number of nitrogens with zero attached hydrogens (tertiary/aromatic N) is 3. The minimum absolute atomic E-state index is 0.461. The van der Waals surface area contributed by atoms with Crippen LogP contribution in [0.4, 0.5) is 5.82 Å². The van der Waals surface area contributed by atoms with Gasteiger partial charge >= 0.3 is 0 Å². The average molecular weight is 342 g/mol. The van der Waals surface area contributed by atoms with Gasteiger partial charge in [0, 0.05) is 29.4 Å². The summed E-state index contributed by atoms with van der Waals surface area (Å²) in [7, 11) is 0. The molecule has 5 nitrogen and oxygen atoms in total. The molecule has 4 rings (SSSR count). The molecule has 0 radical (unpaired) electrons. The first-order valence-corrected chi connectivity index (χ1v) is 9.60. The number of benzene rings is 1. The van der Waals surface area contributed by atoms with Crippen molar-refractivity contribution in [2.24, 2.45) is 0 Å². The van der Waals surface area contributed by atoms with E-state index < -0.39 is 5.60 Å². The van der Waals surface area contributed by atoms with Crippen LogP contribution in [0, 0.1) is 0 Å². The minimum atomic E-state index is -0.649. The van der Waals surface area contributed by atoms with Crippen molar-refractivity contribution >= 4 is 39.4 Å². The Balaban J connectivity index is 1.95. The van der Waals surface area contributed by atoms with Gasteiger partial charge in [-0.2, -0.15) is 16.9 Å². The molecule has 3 heterocycles. The molecule has 6 heteroatoms. The summed E-state index contributed by atoms with van der Waals surface area (Å²) >= 11 is 1.92. The first-order chi connectivity index (χ1) is 11.6. The molecule has 0 unspecified atom stereocenters. The van der Waals surface area contributed by atoms with E-state index in [1.165, 1.54) is 0 Å². The Morgan fingerprint density at radius 1 is 1.29 bits per heavy atom. The van der Waals surface area contributed by atoms with Crippen molar-refractivity contribution in [3.63, 3.8) is 0 Å². The number of nitrogens with two attached hydrogens (primary N) is 1. The second-order valence-corrected chi connectivity index (χ2v) is 7.74. The van der Waals surface area contributed by atoms with E-state index in [2.05, 4.69) is 18.0 Å². The standard InChI is InChI=1S/C18H22N4OS/c1-2-22-14(11-18(23)7-9-24-10-8-18)15-12-5-3-4-6-13(12)20-17(19)16(15)21-22/h3-6,23H,2,7-11H2,1H3,(H2,19,20). The van der Waals surface area contributed by atoms with Crippen LogP contribution < -0.4 is 5.73 Å². The molecule has 0 spiro atoms. The maximum absolute atomic E-state index is 11.1. The molecule has 0 bridgehead atoms. The Labute approximate surface area is 145 Å². The summed E-state index contributed by atoms with van der Waals surface area (Å²) in [5.41, 5.74) is 8.23. The van der Waals surface area contributed by atoms with Gasteiger partial charge in [-0.05, 0) is 37.3 Å². The number of rotatable bonds is 3. The van der Waals surface area contributed by atoms with Crippen LogP contribution in [0.25, 0.3) is 21.8 Å². The highest BCUT2D eigenvalue weighted by atomic mass is 32.2. The number of anilines is 1. The molecule has 0 amide bonds. The number of para-hydroxylation sites is 1. The van der Waals surface area contributed by atoms with Crippen LogP contribution in [0.15, 0.2) is 24.3 Å². The third kappa shape index (κ3) is 2.54. The second kappa shape index (κ2) is 5.93. The van der Waals surface area contributed by atoms with E-state index in [-0.39, 0.29) is 0 Å². The molecule has 0 aliphatic carbocycles. The predicted molar refractivity (Wildman–Crippen MR) is 100 cm³/mol. The lowest BCUT2D eigenvalue weighted by Crippen LogP contribution is -2.36. The van der Waals surface area contributed by atoms with E-state index in [0.29, 0.717) is 12.2 Å². The highest BCUT2D eigenvalue weighted by Gasteiger charge is 2.32. The van der Waals surface area contributed by atoms with Crippen LogP contribution in [0.3, 0.4) is 0 Å². The van der Waals surface area contributed by atoms with Gasteiger partial charge in [0.2, 0.25) is 0 Å². The first-order valence-electron chi connectivity index (χ1n) is 8.45. The van der Waals surface area contributed by atoms with Crippen molar-refractivity contribution in [1.82, 2.24) is 14.8 Å². The van der Waals surface area contributed by atoms with Gasteiger partial charge in [0.15, 0.2) is 5.82 Å². The summed E-state index contributed by atoms with van der Waals surface area (Å²) in [4.78, 5) is 4.49. The highest BCUT2D eigenvalue weighted by Crippen LogP contribution is 2.35. The van der Waals surface area contributed by atoms with Crippen molar-refractivity contribution in [2.75, 3.05) is 17.2 Å². The Hall–Kier alpha value is -1.79. The fraction of sp³-hybridized carbons (Fsp3) is 0.444. The zero-order valence-corrected chi connectivity index (χ0v) is 14.6. The average Bonchev–Trinajstić information content (AvgIpc) is 2.94. The second-order valence-electron chi connectivity index (χ2n) is 6.51. The van der Waals surface area contributed by atoms with E-state index in [4.69, 9.17) is 10.8 Å². The Morgan fingerprint density at radius 3 is 2.79 bits per heavy atom. The van der Waals surface area contributed by atoms with E-state index in [1.54, 1.807) is 0 Å². The molecule has 24 heavy (non-hydrogen) atoms. The maximum Gasteiger partial charge on any atom is 0.152 e. The monoisotopic (exact) mass is 342 g/mol. The lowest BCUT2D eigenvalue weighted by Gasteiger charge is -2.32. The zero-order valence-electron chi connectivity index (χ0n) is 13.8. The fourth-order valence-corrected chi connectivity index (χ4v) is 4.86. The van der Waals surface area contributed by atoms with Crippen LogP contribution in [0.2, 0.25) is 0 Å². The predicted octanol–water partition coefficient (Wildman–Crippen LogP) is 2.99. The van der Waals surface area contributed by atoms with Crippen molar-refractivity contribution in [3.05, 3.63) is 30.0 Å². The lowest BCUT2D eigenvalue weighted by molar-refractivity contribution is 0.0307. The quantitative estimate of drug-likeness (QED) is 0.765. The Kier molecular flexibility index (Phi) is 3.89. The summed E-state index contributed by atoms with van der Waals surface area (Å²) in [5, 5.41) is 17.9. The van der Waals surface area contributed by atoms with Crippen molar-refractivity contribution in [1.29, 1.82) is 0 Å². The highest BCUT2D eigenvalue weighted by molar-refractivity contribution is 7.99. The number of fused-ring (bicyclic) bond motifs is 3. The molecular weight excluding hydrogens is 320 g/mol. The SMILES string of the molecule is CCn1nc2c(N)nc3ccccc3c2c1CC1(O)CCSCC1. The van der Waals surface area contributed by atoms with E-state index in [1.807, 2.05) is 34.6 Å². The molecule has 3 N–H and O–H groups in total. The van der Waals surface area contributed by atoms with E-state index >= 15 is 0 Å². The van der Waals surface area contributed by atoms with Crippen LogP contribution in [-0.2, 0) is 13.0 Å². The van der Waals surface area contributed by atoms with Crippen LogP contribution in [0.5, 0.6) is 0 Å². The Bertz CT molecular complexity index is 899. The minimum Gasteiger partial charge on any atom is -0.389 e. The van der Waals surface area contributed by atoms with E-state index in [9.17, 15) is 5.11 Å². The van der Waals surface area contributed by atoms with Gasteiger partial charge in [0.05, 0.1) is 11.1 Å². The van der Waals surface area contributed by atoms with Crippen LogP contribution >= 0.6 is 11.8 Å². The van der Waals surface area contributed by atoms with Gasteiger partial charge in [-0.1, -0.05) is 18.2 Å². The number of hydrogen-bond acceptors (Lipinski definition) is 5. The summed E-state index contributed by atoms with van der Waals surface area (Å²) < 4.78 is 1.98. The van der Waals surface area contributed by atoms with Crippen molar-refractivity contribution in [3.8, 4) is 0 Å². The zero-order chi connectivity index (χ0) is 16.7. The van der Waals surface area contributed by atoms with Gasteiger partial charge in [0.25, 0.3) is 0 Å². The van der Waals surface area contributed by atoms with Crippen molar-refractivity contribution in [2.45, 2.75) is 38.3 Å². The van der Waals surface area contributed by atoms with Crippen molar-refractivity contribution < 1.29 is 5.11 Å². The summed E-state index contributed by atoms with van der Waals surface area (Å²) in [6, 6.07) is 8.02. The maximum atomic E-state index is 11.1. The molecule has 1 saturated heterocycles. The number of thioether (sulfide) groups is 1. The van der Waals surface area contributed by atoms with Gasteiger partial charge in [-0.15, -0.1) is 0 Å². The molecule has 1 aliphatic heterocycles. The number of hydrogen-bond donors (Lipinski definition) is 2. The summed E-state index contributed by atoms with van der Waals surface area (Å²) in [5.74, 6) is 2.49. The summed E-state index contributed by atoms with van der Waals surface area (Å²) in [6.07, 6.45) is 2.27. The molecule has 1 fully saturated rings. The molecular formula is C18H22N4OS. The molecule has 1 aromatic carbocycles. The number of nitrogen functional groups attached to an aromatic ring is 1. The molecule has 3 aromatic rings. The number of pyridine rings is 1. The van der Waals surface area contributed by atoms with Gasteiger partial charge in [-0.25, -0.2) is 4.98 Å². The largest absolute Gasteiger partial charge is 0.389 e. The van der Waals surface area contributed by atoms with Gasteiger partial charge in [-0.3, -0.25) is 4.68 Å². The first kappa shape index (κ1) is 15.7. The fourth-order valence-electron chi connectivity index (χ4n) is 3.61. The molecule has 126 valence electrons. The molecule has 2 aromatic heterocycles. The van der Waals surface area contributed by atoms with Crippen LogP contribution in [0.1, 0.15) is 25.5 Å². The molecule has 0 atom stereocenters. The van der Waals surface area contributed by atoms with Gasteiger partial charge < -0.3 is 10.8 Å². The normalized spacial score (nSPS) is 17.6. The van der Waals surface area contributed by atoms with Crippen LogP contribution in [-0.4, -0.2) is 37.0 Å². The van der Waals surface area contributed by atoms with Gasteiger partial charge in [0.1, 0.15) is 5.52 Å². The number of aromatic nitrogens is 3. The molecule has 1 aliphatic rings. The third-order valence-corrected chi connectivity index (χ3v) is 5.92. The Morgan fingerprint density at radius 2 is 2.04 bits per heavy atom. The third-order valence-electron chi connectivity index (χ3n) is 4.93. The number of aliphatic hydroxyl groups is 1.